The summed E-state index contributed by atoms with van der Waals surface area (Å²) in [5.41, 5.74) is 6.09. The van der Waals surface area contributed by atoms with E-state index in [0.29, 0.717) is 24.6 Å². The average Bonchev–Trinajstić information content (AvgIpc) is 2.41. The first-order chi connectivity index (χ1) is 9.43. The zero-order valence-electron chi connectivity index (χ0n) is 12.0. The summed E-state index contributed by atoms with van der Waals surface area (Å²) in [6.45, 7) is 6.25. The molecule has 0 saturated heterocycles. The molecule has 5 nitrogen and oxygen atoms in total. The molecule has 0 amide bonds. The van der Waals surface area contributed by atoms with Crippen molar-refractivity contribution in [1.29, 1.82) is 0 Å². The molecule has 0 aromatic heterocycles. The molecular formula is C14H22N2O3S. The van der Waals surface area contributed by atoms with Gasteiger partial charge < -0.3 is 10.5 Å². The van der Waals surface area contributed by atoms with Crippen molar-refractivity contribution in [3.63, 3.8) is 0 Å². The van der Waals surface area contributed by atoms with Gasteiger partial charge in [0.05, 0.1) is 6.61 Å². The van der Waals surface area contributed by atoms with Gasteiger partial charge in [-0.15, -0.1) is 6.58 Å². The van der Waals surface area contributed by atoms with Crippen molar-refractivity contribution < 1.29 is 13.2 Å². The number of hydrogen-bond donors (Lipinski definition) is 1. The van der Waals surface area contributed by atoms with Crippen LogP contribution >= 0.6 is 0 Å². The van der Waals surface area contributed by atoms with Crippen LogP contribution in [0.5, 0.6) is 5.75 Å². The Hall–Kier alpha value is -1.53. The first kappa shape index (κ1) is 16.5. The van der Waals surface area contributed by atoms with Crippen molar-refractivity contribution in [2.75, 3.05) is 25.9 Å². The maximum absolute atomic E-state index is 12.5. The minimum Gasteiger partial charge on any atom is -0.492 e. The first-order valence-corrected chi connectivity index (χ1v) is 7.97. The summed E-state index contributed by atoms with van der Waals surface area (Å²) in [5, 5.41) is 0. The largest absolute Gasteiger partial charge is 0.492 e. The third kappa shape index (κ3) is 3.98. The summed E-state index contributed by atoms with van der Waals surface area (Å²) in [5.74, 6) is 0.331. The zero-order valence-corrected chi connectivity index (χ0v) is 12.8. The maximum atomic E-state index is 12.5. The van der Waals surface area contributed by atoms with Gasteiger partial charge >= 0.3 is 0 Å². The fourth-order valence-electron chi connectivity index (χ4n) is 1.75. The smallest absolute Gasteiger partial charge is 0.246 e. The summed E-state index contributed by atoms with van der Waals surface area (Å²) < 4.78 is 31.8. The van der Waals surface area contributed by atoms with E-state index < -0.39 is 10.0 Å². The Morgan fingerprint density at radius 1 is 1.45 bits per heavy atom. The molecule has 6 heteroatoms. The Kier molecular flexibility index (Phi) is 6.04. The van der Waals surface area contributed by atoms with Crippen LogP contribution in [0, 0.1) is 0 Å². The van der Waals surface area contributed by atoms with Crippen LogP contribution in [-0.4, -0.2) is 32.9 Å². The Bertz CT molecular complexity index is 556. The molecule has 0 radical (unpaired) electrons. The molecule has 0 atom stereocenters. The number of nitrogens with two attached hydrogens (primary N) is 1. The molecule has 0 unspecified atom stereocenters. The molecule has 0 aliphatic heterocycles. The topological polar surface area (TPSA) is 72.6 Å². The first-order valence-electron chi connectivity index (χ1n) is 6.53. The highest BCUT2D eigenvalue weighted by Gasteiger charge is 2.24. The van der Waals surface area contributed by atoms with Crippen LogP contribution in [0.15, 0.2) is 35.7 Å². The molecule has 0 spiro atoms. The van der Waals surface area contributed by atoms with Crippen LogP contribution < -0.4 is 10.5 Å². The predicted molar refractivity (Wildman–Crippen MR) is 81.3 cm³/mol. The molecule has 0 fully saturated rings. The van der Waals surface area contributed by atoms with E-state index in [0.717, 1.165) is 12.8 Å². The highest BCUT2D eigenvalue weighted by atomic mass is 32.2. The van der Waals surface area contributed by atoms with Crippen LogP contribution in [0.4, 0.5) is 5.69 Å². The van der Waals surface area contributed by atoms with E-state index in [-0.39, 0.29) is 4.90 Å². The van der Waals surface area contributed by atoms with Gasteiger partial charge in [-0.1, -0.05) is 6.08 Å². The Morgan fingerprint density at radius 2 is 2.15 bits per heavy atom. The molecule has 0 saturated carbocycles. The highest BCUT2D eigenvalue weighted by molar-refractivity contribution is 7.89. The fourth-order valence-corrected chi connectivity index (χ4v) is 3.12. The molecule has 0 bridgehead atoms. The summed E-state index contributed by atoms with van der Waals surface area (Å²) in [7, 11) is -2.05. The molecular weight excluding hydrogens is 276 g/mol. The van der Waals surface area contributed by atoms with Crippen molar-refractivity contribution in [3.8, 4) is 5.75 Å². The Labute approximate surface area is 121 Å². The van der Waals surface area contributed by atoms with Crippen LogP contribution in [0.2, 0.25) is 0 Å². The monoisotopic (exact) mass is 298 g/mol. The molecule has 2 N–H and O–H groups in total. The molecule has 112 valence electrons. The van der Waals surface area contributed by atoms with Crippen molar-refractivity contribution in [2.45, 2.75) is 24.7 Å². The average molecular weight is 298 g/mol. The lowest BCUT2D eigenvalue weighted by Crippen LogP contribution is -2.28. The number of hydrogen-bond acceptors (Lipinski definition) is 4. The lowest BCUT2D eigenvalue weighted by atomic mass is 10.3. The van der Waals surface area contributed by atoms with Gasteiger partial charge in [0.2, 0.25) is 10.0 Å². The molecule has 1 aromatic carbocycles. The second-order valence-electron chi connectivity index (χ2n) is 4.40. The van der Waals surface area contributed by atoms with E-state index >= 15 is 0 Å². The van der Waals surface area contributed by atoms with Crippen molar-refractivity contribution in [2.24, 2.45) is 0 Å². The molecule has 1 aromatic rings. The molecule has 20 heavy (non-hydrogen) atoms. The predicted octanol–water partition coefficient (Wildman–Crippen LogP) is 2.25. The third-order valence-corrected chi connectivity index (χ3v) is 4.72. The normalized spacial score (nSPS) is 11.6. The second-order valence-corrected chi connectivity index (χ2v) is 6.41. The van der Waals surface area contributed by atoms with Crippen LogP contribution in [0.3, 0.4) is 0 Å². The van der Waals surface area contributed by atoms with E-state index in [1.807, 2.05) is 0 Å². The number of anilines is 1. The van der Waals surface area contributed by atoms with E-state index in [1.165, 1.54) is 10.4 Å². The van der Waals surface area contributed by atoms with Gasteiger partial charge in [0.1, 0.15) is 10.6 Å². The number of unbranched alkanes of at least 4 members (excludes halogenated alkanes) is 1. The number of ether oxygens (including phenoxy) is 1. The minimum atomic E-state index is -3.60. The van der Waals surface area contributed by atoms with Gasteiger partial charge in [0.15, 0.2) is 0 Å². The number of nitrogen functional groups attached to an aromatic ring is 1. The lowest BCUT2D eigenvalue weighted by molar-refractivity contribution is 0.329. The number of rotatable bonds is 8. The van der Waals surface area contributed by atoms with Crippen LogP contribution in [-0.2, 0) is 10.0 Å². The molecule has 0 aliphatic rings. The van der Waals surface area contributed by atoms with E-state index in [4.69, 9.17) is 10.5 Å². The Balaban J connectivity index is 3.07. The van der Waals surface area contributed by atoms with E-state index in [2.05, 4.69) is 6.58 Å². The van der Waals surface area contributed by atoms with Gasteiger partial charge in [0, 0.05) is 19.3 Å². The van der Waals surface area contributed by atoms with Gasteiger partial charge in [0.25, 0.3) is 0 Å². The lowest BCUT2D eigenvalue weighted by Gasteiger charge is -2.19. The van der Waals surface area contributed by atoms with E-state index in [1.54, 1.807) is 32.2 Å². The summed E-state index contributed by atoms with van der Waals surface area (Å²) in [6, 6.07) is 4.65. The Morgan fingerprint density at radius 3 is 2.75 bits per heavy atom. The van der Waals surface area contributed by atoms with Gasteiger partial charge in [-0.2, -0.15) is 0 Å². The number of benzene rings is 1. The third-order valence-electron chi connectivity index (χ3n) is 2.84. The highest BCUT2D eigenvalue weighted by Crippen LogP contribution is 2.28. The quantitative estimate of drug-likeness (QED) is 0.454. The summed E-state index contributed by atoms with van der Waals surface area (Å²) >= 11 is 0. The standard InChI is InChI=1S/C14H22N2O3S/c1-4-6-7-10-16(3)20(17,18)14-11-12(15)8-9-13(14)19-5-2/h4,8-9,11H,1,5-7,10,15H2,2-3H3. The number of nitrogens with zero attached hydrogens (tertiary/aromatic N) is 1. The van der Waals surface area contributed by atoms with Crippen molar-refractivity contribution in [3.05, 3.63) is 30.9 Å². The van der Waals surface area contributed by atoms with Crippen molar-refractivity contribution in [1.82, 2.24) is 4.31 Å². The minimum absolute atomic E-state index is 0.112. The second kappa shape index (κ2) is 7.31. The van der Waals surface area contributed by atoms with Gasteiger partial charge in [-0.05, 0) is 38.0 Å². The van der Waals surface area contributed by atoms with Crippen LogP contribution in [0.25, 0.3) is 0 Å². The van der Waals surface area contributed by atoms with Gasteiger partial charge in [-0.3, -0.25) is 0 Å². The maximum Gasteiger partial charge on any atom is 0.246 e. The molecule has 1 rings (SSSR count). The van der Waals surface area contributed by atoms with E-state index in [9.17, 15) is 8.42 Å². The number of allylic oxidation sites excluding steroid dienone is 1. The van der Waals surface area contributed by atoms with Gasteiger partial charge in [-0.25, -0.2) is 12.7 Å². The number of sulfonamides is 1. The fraction of sp³-hybridized carbons (Fsp3) is 0.429. The molecule has 0 aliphatic carbocycles. The molecule has 0 heterocycles. The van der Waals surface area contributed by atoms with Crippen LogP contribution in [0.1, 0.15) is 19.8 Å². The van der Waals surface area contributed by atoms with Crippen molar-refractivity contribution >= 4 is 15.7 Å². The summed E-state index contributed by atoms with van der Waals surface area (Å²) in [6.07, 6.45) is 3.27. The zero-order chi connectivity index (χ0) is 15.2. The SMILES string of the molecule is C=CCCCN(C)S(=O)(=O)c1cc(N)ccc1OCC. The summed E-state index contributed by atoms with van der Waals surface area (Å²) in [4.78, 5) is 0.112.